The highest BCUT2D eigenvalue weighted by Gasteiger charge is 2.08. The van der Waals surface area contributed by atoms with E-state index < -0.39 is 0 Å². The molecule has 1 aromatic heterocycles. The molecule has 0 bridgehead atoms. The van der Waals surface area contributed by atoms with Gasteiger partial charge in [0.1, 0.15) is 0 Å². The van der Waals surface area contributed by atoms with Gasteiger partial charge in [-0.15, -0.1) is 23.7 Å². The fourth-order valence-corrected chi connectivity index (χ4v) is 2.12. The molecule has 5 heteroatoms. The molecule has 1 aromatic rings. The highest BCUT2D eigenvalue weighted by atomic mass is 35.5. The summed E-state index contributed by atoms with van der Waals surface area (Å²) in [6.45, 7) is 3.18. The molecule has 0 saturated heterocycles. The first-order valence-electron chi connectivity index (χ1n) is 4.57. The Morgan fingerprint density at radius 2 is 2.20 bits per heavy atom. The fourth-order valence-electron chi connectivity index (χ4n) is 1.18. The van der Waals surface area contributed by atoms with Crippen LogP contribution in [0.3, 0.4) is 0 Å². The van der Waals surface area contributed by atoms with Crippen LogP contribution >= 0.6 is 23.7 Å². The van der Waals surface area contributed by atoms with E-state index in [4.69, 9.17) is 0 Å². The van der Waals surface area contributed by atoms with Gasteiger partial charge in [-0.05, 0) is 26.1 Å². The normalized spacial score (nSPS) is 9.53. The third kappa shape index (κ3) is 4.64. The lowest BCUT2D eigenvalue weighted by Crippen LogP contribution is -2.33. The van der Waals surface area contributed by atoms with Gasteiger partial charge >= 0.3 is 0 Å². The van der Waals surface area contributed by atoms with Crippen LogP contribution in [-0.2, 0) is 11.3 Å². The molecule has 0 radical (unpaired) electrons. The van der Waals surface area contributed by atoms with Crippen LogP contribution in [0.15, 0.2) is 12.1 Å². The summed E-state index contributed by atoms with van der Waals surface area (Å²) < 4.78 is 0. The Labute approximate surface area is 101 Å². The van der Waals surface area contributed by atoms with E-state index in [1.54, 1.807) is 23.3 Å². The Morgan fingerprint density at radius 3 is 2.67 bits per heavy atom. The van der Waals surface area contributed by atoms with Crippen molar-refractivity contribution < 1.29 is 4.79 Å². The van der Waals surface area contributed by atoms with E-state index in [0.717, 1.165) is 0 Å². The second-order valence-corrected chi connectivity index (χ2v) is 4.66. The zero-order chi connectivity index (χ0) is 10.6. The summed E-state index contributed by atoms with van der Waals surface area (Å²) in [5.74, 6) is 0.124. The van der Waals surface area contributed by atoms with Crippen molar-refractivity contribution in [2.24, 2.45) is 0 Å². The Hall–Kier alpha value is -0.580. The Kier molecular flexibility index (Phi) is 6.56. The van der Waals surface area contributed by atoms with Crippen molar-refractivity contribution >= 4 is 29.7 Å². The zero-order valence-corrected chi connectivity index (χ0v) is 10.9. The van der Waals surface area contributed by atoms with Crippen LogP contribution in [0, 0.1) is 6.92 Å². The number of hydrogen-bond donors (Lipinski definition) is 1. The summed E-state index contributed by atoms with van der Waals surface area (Å²) in [7, 11) is 3.61. The number of carbonyl (C=O) groups excluding carboxylic acids is 1. The van der Waals surface area contributed by atoms with Crippen LogP contribution < -0.4 is 5.32 Å². The average Bonchev–Trinajstić information content (AvgIpc) is 2.51. The first kappa shape index (κ1) is 14.4. The first-order valence-corrected chi connectivity index (χ1v) is 5.39. The number of amides is 1. The minimum atomic E-state index is 0. The summed E-state index contributed by atoms with van der Waals surface area (Å²) >= 11 is 1.74. The molecular weight excluding hydrogens is 232 g/mol. The third-order valence-electron chi connectivity index (χ3n) is 1.94. The van der Waals surface area contributed by atoms with Gasteiger partial charge in [0.05, 0.1) is 13.1 Å². The summed E-state index contributed by atoms with van der Waals surface area (Å²) in [4.78, 5) is 15.7. The molecular formula is C10H17ClN2OS. The maximum absolute atomic E-state index is 11.4. The molecule has 86 valence electrons. The lowest BCUT2D eigenvalue weighted by Gasteiger charge is -2.15. The molecule has 0 saturated carbocycles. The van der Waals surface area contributed by atoms with Gasteiger partial charge in [0.2, 0.25) is 5.91 Å². The summed E-state index contributed by atoms with van der Waals surface area (Å²) in [5, 5.41) is 2.85. The van der Waals surface area contributed by atoms with Crippen molar-refractivity contribution in [3.8, 4) is 0 Å². The van der Waals surface area contributed by atoms with Crippen molar-refractivity contribution in [2.45, 2.75) is 13.5 Å². The molecule has 0 atom stereocenters. The summed E-state index contributed by atoms with van der Waals surface area (Å²) in [6.07, 6.45) is 0. The number of nitrogens with one attached hydrogen (secondary N) is 1. The number of nitrogens with zero attached hydrogens (tertiary/aromatic N) is 1. The van der Waals surface area contributed by atoms with E-state index in [1.165, 1.54) is 9.75 Å². The lowest BCUT2D eigenvalue weighted by molar-refractivity contribution is -0.129. The molecule has 1 rings (SSSR count). The van der Waals surface area contributed by atoms with Crippen molar-refractivity contribution in [2.75, 3.05) is 20.6 Å². The van der Waals surface area contributed by atoms with Gasteiger partial charge in [-0.1, -0.05) is 0 Å². The van der Waals surface area contributed by atoms with Crippen molar-refractivity contribution in [3.05, 3.63) is 21.9 Å². The Balaban J connectivity index is 0.00000196. The molecule has 1 amide bonds. The number of thiophene rings is 1. The van der Waals surface area contributed by atoms with Crippen LogP contribution in [0.5, 0.6) is 0 Å². The molecule has 15 heavy (non-hydrogen) atoms. The van der Waals surface area contributed by atoms with Gasteiger partial charge in [0.25, 0.3) is 0 Å². The SMILES string of the molecule is CNCC(=O)N(C)Cc1ccc(C)s1.Cl. The molecule has 1 N–H and O–H groups in total. The number of rotatable bonds is 4. The quantitative estimate of drug-likeness (QED) is 0.879. The molecule has 0 fully saturated rings. The van der Waals surface area contributed by atoms with Crippen LogP contribution in [0.1, 0.15) is 9.75 Å². The van der Waals surface area contributed by atoms with Gasteiger partial charge in [-0.3, -0.25) is 4.79 Å². The van der Waals surface area contributed by atoms with Gasteiger partial charge in [-0.2, -0.15) is 0 Å². The van der Waals surface area contributed by atoms with E-state index >= 15 is 0 Å². The first-order chi connectivity index (χ1) is 6.63. The van der Waals surface area contributed by atoms with Crippen LogP contribution in [0.25, 0.3) is 0 Å². The molecule has 0 aliphatic rings. The van der Waals surface area contributed by atoms with Crippen molar-refractivity contribution in [1.82, 2.24) is 10.2 Å². The Morgan fingerprint density at radius 1 is 1.53 bits per heavy atom. The number of aryl methyl sites for hydroxylation is 1. The number of carbonyl (C=O) groups is 1. The van der Waals surface area contributed by atoms with E-state index in [1.807, 2.05) is 7.05 Å². The van der Waals surface area contributed by atoms with E-state index in [-0.39, 0.29) is 18.3 Å². The molecule has 0 aliphatic carbocycles. The minimum absolute atomic E-state index is 0. The molecule has 3 nitrogen and oxygen atoms in total. The van der Waals surface area contributed by atoms with Crippen LogP contribution in [0.4, 0.5) is 0 Å². The average molecular weight is 249 g/mol. The Bertz CT molecular complexity index is 314. The van der Waals surface area contributed by atoms with E-state index in [9.17, 15) is 4.79 Å². The summed E-state index contributed by atoms with van der Waals surface area (Å²) in [6, 6.07) is 4.15. The maximum Gasteiger partial charge on any atom is 0.236 e. The molecule has 1 heterocycles. The number of likely N-dealkylation sites (N-methyl/N-ethyl adjacent to an activating group) is 2. The smallest absolute Gasteiger partial charge is 0.236 e. The monoisotopic (exact) mass is 248 g/mol. The second kappa shape index (κ2) is 6.82. The van der Waals surface area contributed by atoms with E-state index in [0.29, 0.717) is 13.1 Å². The second-order valence-electron chi connectivity index (χ2n) is 3.29. The number of halogens is 1. The van der Waals surface area contributed by atoms with Gasteiger partial charge in [0.15, 0.2) is 0 Å². The standard InChI is InChI=1S/C10H16N2OS.ClH/c1-8-4-5-9(14-8)7-12(3)10(13)6-11-2;/h4-5,11H,6-7H2,1-3H3;1H. The molecule has 0 spiro atoms. The van der Waals surface area contributed by atoms with Gasteiger partial charge in [-0.25, -0.2) is 0 Å². The maximum atomic E-state index is 11.4. The van der Waals surface area contributed by atoms with Gasteiger partial charge < -0.3 is 10.2 Å². The lowest BCUT2D eigenvalue weighted by atomic mass is 10.4. The van der Waals surface area contributed by atoms with Crippen molar-refractivity contribution in [1.29, 1.82) is 0 Å². The van der Waals surface area contributed by atoms with Crippen molar-refractivity contribution in [3.63, 3.8) is 0 Å². The predicted molar refractivity (Wildman–Crippen MR) is 66.7 cm³/mol. The van der Waals surface area contributed by atoms with Gasteiger partial charge in [0, 0.05) is 16.8 Å². The molecule has 0 aliphatic heterocycles. The van der Waals surface area contributed by atoms with Crippen LogP contribution in [0.2, 0.25) is 0 Å². The number of hydrogen-bond acceptors (Lipinski definition) is 3. The highest BCUT2D eigenvalue weighted by Crippen LogP contribution is 2.16. The highest BCUT2D eigenvalue weighted by molar-refractivity contribution is 7.11. The zero-order valence-electron chi connectivity index (χ0n) is 9.24. The molecule has 0 unspecified atom stereocenters. The van der Waals surface area contributed by atoms with Crippen LogP contribution in [-0.4, -0.2) is 31.4 Å². The fraction of sp³-hybridized carbons (Fsp3) is 0.500. The third-order valence-corrected chi connectivity index (χ3v) is 2.93. The summed E-state index contributed by atoms with van der Waals surface area (Å²) in [5.41, 5.74) is 0. The predicted octanol–water partition coefficient (Wildman–Crippen LogP) is 1.66. The minimum Gasteiger partial charge on any atom is -0.340 e. The molecule has 0 aromatic carbocycles. The largest absolute Gasteiger partial charge is 0.340 e. The van der Waals surface area contributed by atoms with E-state index in [2.05, 4.69) is 24.4 Å². The topological polar surface area (TPSA) is 32.3 Å².